The highest BCUT2D eigenvalue weighted by Gasteiger charge is 2.22. The summed E-state index contributed by atoms with van der Waals surface area (Å²) in [6.07, 6.45) is 0.490. The standard InChI is InChI=1S/C10H20N2O3/c1-2-11-10(14)3-4-12-5-6-15-8-9(12)7-13/h9,13H,2-8H2,1H3,(H,11,14). The van der Waals surface area contributed by atoms with Gasteiger partial charge in [-0.1, -0.05) is 0 Å². The minimum absolute atomic E-state index is 0.0492. The monoisotopic (exact) mass is 216 g/mol. The van der Waals surface area contributed by atoms with Gasteiger partial charge in [0.25, 0.3) is 0 Å². The van der Waals surface area contributed by atoms with Crippen molar-refractivity contribution in [1.29, 1.82) is 0 Å². The number of aliphatic hydroxyl groups excluding tert-OH is 1. The van der Waals surface area contributed by atoms with Gasteiger partial charge in [0.1, 0.15) is 0 Å². The molecular weight excluding hydrogens is 196 g/mol. The van der Waals surface area contributed by atoms with Gasteiger partial charge in [0.15, 0.2) is 0 Å². The summed E-state index contributed by atoms with van der Waals surface area (Å²) >= 11 is 0. The predicted octanol–water partition coefficient (Wildman–Crippen LogP) is -0.794. The third kappa shape index (κ3) is 4.15. The lowest BCUT2D eigenvalue weighted by atomic mass is 10.2. The van der Waals surface area contributed by atoms with Crippen LogP contribution < -0.4 is 5.32 Å². The van der Waals surface area contributed by atoms with E-state index in [0.29, 0.717) is 32.7 Å². The van der Waals surface area contributed by atoms with Crippen LogP contribution in [0.15, 0.2) is 0 Å². The molecule has 1 heterocycles. The van der Waals surface area contributed by atoms with E-state index in [2.05, 4.69) is 10.2 Å². The van der Waals surface area contributed by atoms with Gasteiger partial charge in [0.2, 0.25) is 5.91 Å². The number of aliphatic hydroxyl groups is 1. The Hall–Kier alpha value is -0.650. The molecule has 0 radical (unpaired) electrons. The van der Waals surface area contributed by atoms with Crippen molar-refractivity contribution in [2.45, 2.75) is 19.4 Å². The fraction of sp³-hybridized carbons (Fsp3) is 0.900. The molecule has 15 heavy (non-hydrogen) atoms. The zero-order chi connectivity index (χ0) is 11.1. The average molecular weight is 216 g/mol. The number of hydrogen-bond donors (Lipinski definition) is 2. The number of nitrogens with zero attached hydrogens (tertiary/aromatic N) is 1. The molecule has 5 nitrogen and oxygen atoms in total. The molecule has 1 atom stereocenters. The molecule has 0 aromatic rings. The molecule has 1 unspecified atom stereocenters. The van der Waals surface area contributed by atoms with Gasteiger partial charge in [-0.3, -0.25) is 9.69 Å². The van der Waals surface area contributed by atoms with Crippen LogP contribution in [0.5, 0.6) is 0 Å². The first-order valence-electron chi connectivity index (χ1n) is 5.47. The van der Waals surface area contributed by atoms with Gasteiger partial charge in [0, 0.05) is 26.1 Å². The molecular formula is C10H20N2O3. The highest BCUT2D eigenvalue weighted by molar-refractivity contribution is 5.75. The van der Waals surface area contributed by atoms with Crippen LogP contribution in [0.1, 0.15) is 13.3 Å². The molecule has 88 valence electrons. The van der Waals surface area contributed by atoms with Crippen LogP contribution in [0.25, 0.3) is 0 Å². The first kappa shape index (κ1) is 12.4. The van der Waals surface area contributed by atoms with E-state index in [-0.39, 0.29) is 18.6 Å². The second-order valence-corrected chi connectivity index (χ2v) is 3.65. The zero-order valence-electron chi connectivity index (χ0n) is 9.24. The quantitative estimate of drug-likeness (QED) is 0.632. The van der Waals surface area contributed by atoms with Crippen LogP contribution in [0.3, 0.4) is 0 Å². The van der Waals surface area contributed by atoms with E-state index in [1.54, 1.807) is 0 Å². The van der Waals surface area contributed by atoms with Gasteiger partial charge < -0.3 is 15.2 Å². The molecule has 1 saturated heterocycles. The molecule has 0 bridgehead atoms. The molecule has 1 fully saturated rings. The minimum Gasteiger partial charge on any atom is -0.395 e. The number of nitrogens with one attached hydrogen (secondary N) is 1. The topological polar surface area (TPSA) is 61.8 Å². The molecule has 1 rings (SSSR count). The highest BCUT2D eigenvalue weighted by atomic mass is 16.5. The van der Waals surface area contributed by atoms with E-state index in [9.17, 15) is 4.79 Å². The Labute approximate surface area is 90.4 Å². The van der Waals surface area contributed by atoms with Crippen molar-refractivity contribution in [3.8, 4) is 0 Å². The van der Waals surface area contributed by atoms with Crippen LogP contribution in [0.4, 0.5) is 0 Å². The number of carbonyl (C=O) groups is 1. The molecule has 2 N–H and O–H groups in total. The molecule has 1 aliphatic rings. The third-order valence-corrected chi connectivity index (χ3v) is 2.56. The van der Waals surface area contributed by atoms with Gasteiger partial charge in [-0.05, 0) is 6.92 Å². The highest BCUT2D eigenvalue weighted by Crippen LogP contribution is 2.06. The smallest absolute Gasteiger partial charge is 0.221 e. The minimum atomic E-state index is 0.0492. The SMILES string of the molecule is CCNC(=O)CCN1CCOCC1CO. The molecule has 0 aromatic heterocycles. The molecule has 0 spiro atoms. The van der Waals surface area contributed by atoms with Gasteiger partial charge in [0.05, 0.1) is 25.9 Å². The normalized spacial score (nSPS) is 22.7. The van der Waals surface area contributed by atoms with Crippen molar-refractivity contribution in [2.75, 3.05) is 39.5 Å². The lowest BCUT2D eigenvalue weighted by Crippen LogP contribution is -2.48. The summed E-state index contributed by atoms with van der Waals surface area (Å²) in [4.78, 5) is 13.4. The fourth-order valence-electron chi connectivity index (χ4n) is 1.68. The number of hydrogen-bond acceptors (Lipinski definition) is 4. The van der Waals surface area contributed by atoms with Crippen LogP contribution in [0.2, 0.25) is 0 Å². The van der Waals surface area contributed by atoms with Gasteiger partial charge in [-0.2, -0.15) is 0 Å². The van der Waals surface area contributed by atoms with Crippen molar-refractivity contribution in [1.82, 2.24) is 10.2 Å². The van der Waals surface area contributed by atoms with Crippen LogP contribution in [-0.2, 0) is 9.53 Å². The maximum atomic E-state index is 11.2. The van der Waals surface area contributed by atoms with Crippen molar-refractivity contribution in [3.63, 3.8) is 0 Å². The van der Waals surface area contributed by atoms with E-state index in [1.807, 2.05) is 6.92 Å². The number of morpholine rings is 1. The number of rotatable bonds is 5. The van der Waals surface area contributed by atoms with E-state index >= 15 is 0 Å². The summed E-state index contributed by atoms with van der Waals surface area (Å²) in [5, 5.41) is 11.9. The Kier molecular flexibility index (Phi) is 5.60. The van der Waals surface area contributed by atoms with Crippen molar-refractivity contribution >= 4 is 5.91 Å². The molecule has 1 aliphatic heterocycles. The Bertz CT molecular complexity index is 199. The van der Waals surface area contributed by atoms with E-state index < -0.39 is 0 Å². The number of amides is 1. The lowest BCUT2D eigenvalue weighted by molar-refractivity contribution is -0.122. The van der Waals surface area contributed by atoms with E-state index in [4.69, 9.17) is 9.84 Å². The van der Waals surface area contributed by atoms with Crippen LogP contribution in [0, 0.1) is 0 Å². The molecule has 5 heteroatoms. The van der Waals surface area contributed by atoms with Crippen molar-refractivity contribution < 1.29 is 14.6 Å². The average Bonchev–Trinajstić information content (AvgIpc) is 2.27. The number of ether oxygens (including phenoxy) is 1. The van der Waals surface area contributed by atoms with Gasteiger partial charge >= 0.3 is 0 Å². The Morgan fingerprint density at radius 2 is 2.47 bits per heavy atom. The summed E-state index contributed by atoms with van der Waals surface area (Å²) in [6, 6.07) is 0.0492. The summed E-state index contributed by atoms with van der Waals surface area (Å²) in [5.41, 5.74) is 0. The maximum Gasteiger partial charge on any atom is 0.221 e. The maximum absolute atomic E-state index is 11.2. The molecule has 0 aliphatic carbocycles. The molecule has 0 aromatic carbocycles. The second kappa shape index (κ2) is 6.76. The number of carbonyl (C=O) groups excluding carboxylic acids is 1. The third-order valence-electron chi connectivity index (χ3n) is 2.56. The second-order valence-electron chi connectivity index (χ2n) is 3.65. The predicted molar refractivity (Wildman–Crippen MR) is 56.6 cm³/mol. The van der Waals surface area contributed by atoms with Crippen molar-refractivity contribution in [3.05, 3.63) is 0 Å². The Morgan fingerprint density at radius 3 is 3.13 bits per heavy atom. The Morgan fingerprint density at radius 1 is 1.67 bits per heavy atom. The molecule has 0 saturated carbocycles. The lowest BCUT2D eigenvalue weighted by Gasteiger charge is -2.34. The summed E-state index contributed by atoms with van der Waals surface area (Å²) in [6.45, 7) is 5.41. The molecule has 1 amide bonds. The van der Waals surface area contributed by atoms with Crippen LogP contribution >= 0.6 is 0 Å². The summed E-state index contributed by atoms with van der Waals surface area (Å²) in [7, 11) is 0. The summed E-state index contributed by atoms with van der Waals surface area (Å²) in [5.74, 6) is 0.0701. The Balaban J connectivity index is 2.26. The van der Waals surface area contributed by atoms with E-state index in [1.165, 1.54) is 0 Å². The summed E-state index contributed by atoms with van der Waals surface area (Å²) < 4.78 is 5.26. The van der Waals surface area contributed by atoms with E-state index in [0.717, 1.165) is 6.54 Å². The van der Waals surface area contributed by atoms with Gasteiger partial charge in [-0.25, -0.2) is 0 Å². The van der Waals surface area contributed by atoms with Crippen LogP contribution in [-0.4, -0.2) is 61.4 Å². The fourth-order valence-corrected chi connectivity index (χ4v) is 1.68. The van der Waals surface area contributed by atoms with Crippen molar-refractivity contribution in [2.24, 2.45) is 0 Å². The first-order valence-corrected chi connectivity index (χ1v) is 5.47. The zero-order valence-corrected chi connectivity index (χ0v) is 9.24. The van der Waals surface area contributed by atoms with Gasteiger partial charge in [-0.15, -0.1) is 0 Å². The first-order chi connectivity index (χ1) is 7.27. The largest absolute Gasteiger partial charge is 0.395 e.